The lowest BCUT2D eigenvalue weighted by atomic mass is 10.1. The molecule has 0 aliphatic rings. The monoisotopic (exact) mass is 365 g/mol. The van der Waals surface area contributed by atoms with Gasteiger partial charge in [0.1, 0.15) is 6.04 Å². The van der Waals surface area contributed by atoms with E-state index < -0.39 is 6.04 Å². The Morgan fingerprint density at radius 1 is 1.20 bits per heavy atom. The van der Waals surface area contributed by atoms with Crippen LogP contribution in [0.15, 0.2) is 18.2 Å². The molecule has 1 aromatic carbocycles. The van der Waals surface area contributed by atoms with Crippen molar-refractivity contribution in [2.45, 2.75) is 39.7 Å². The van der Waals surface area contributed by atoms with Gasteiger partial charge in [0.2, 0.25) is 11.8 Å². The van der Waals surface area contributed by atoms with Crippen molar-refractivity contribution in [3.05, 3.63) is 29.3 Å². The number of amides is 3. The van der Waals surface area contributed by atoms with Crippen LogP contribution in [0.5, 0.6) is 0 Å². The Bertz CT molecular complexity index is 620. The molecule has 1 unspecified atom stereocenters. The second kappa shape index (κ2) is 10.8. The molecule has 3 N–H and O–H groups in total. The van der Waals surface area contributed by atoms with E-state index in [2.05, 4.69) is 16.0 Å². The van der Waals surface area contributed by atoms with Gasteiger partial charge in [0.25, 0.3) is 5.91 Å². The third-order valence-electron chi connectivity index (χ3n) is 3.68. The second-order valence-electron chi connectivity index (χ2n) is 5.63. The van der Waals surface area contributed by atoms with Crippen LogP contribution in [0, 0.1) is 6.92 Å². The Morgan fingerprint density at radius 2 is 1.92 bits per heavy atom. The van der Waals surface area contributed by atoms with E-state index in [4.69, 9.17) is 0 Å². The Hall–Kier alpha value is -2.02. The van der Waals surface area contributed by atoms with E-state index in [9.17, 15) is 14.4 Å². The summed E-state index contributed by atoms with van der Waals surface area (Å²) in [7, 11) is 0. The average Bonchev–Trinajstić information content (AvgIpc) is 2.60. The Balaban J connectivity index is 2.92. The predicted octanol–water partition coefficient (Wildman–Crippen LogP) is 2.33. The first-order valence-electron chi connectivity index (χ1n) is 8.40. The number of nitrogens with one attached hydrogen (secondary N) is 3. The van der Waals surface area contributed by atoms with E-state index in [-0.39, 0.29) is 17.7 Å². The minimum Gasteiger partial charge on any atom is -0.352 e. The molecule has 0 radical (unpaired) electrons. The number of benzene rings is 1. The van der Waals surface area contributed by atoms with E-state index in [1.807, 2.05) is 20.1 Å². The van der Waals surface area contributed by atoms with Crippen molar-refractivity contribution < 1.29 is 14.4 Å². The van der Waals surface area contributed by atoms with Crippen molar-refractivity contribution in [1.29, 1.82) is 0 Å². The third kappa shape index (κ3) is 6.78. The van der Waals surface area contributed by atoms with Crippen LogP contribution >= 0.6 is 11.8 Å². The molecule has 3 amide bonds. The first kappa shape index (κ1) is 21.0. The molecule has 6 nitrogen and oxygen atoms in total. The molecule has 0 spiro atoms. The van der Waals surface area contributed by atoms with E-state index in [0.717, 1.165) is 11.3 Å². The second-order valence-corrected chi connectivity index (χ2v) is 6.62. The first-order valence-corrected chi connectivity index (χ1v) is 9.80. The van der Waals surface area contributed by atoms with Gasteiger partial charge in [-0.3, -0.25) is 14.4 Å². The molecule has 0 bridgehead atoms. The maximum absolute atomic E-state index is 12.6. The molecule has 0 saturated heterocycles. The van der Waals surface area contributed by atoms with Crippen molar-refractivity contribution in [2.75, 3.05) is 23.9 Å². The molecule has 25 heavy (non-hydrogen) atoms. The van der Waals surface area contributed by atoms with Crippen LogP contribution in [-0.2, 0) is 9.59 Å². The van der Waals surface area contributed by atoms with Gasteiger partial charge in [-0.2, -0.15) is 11.8 Å². The normalized spacial score (nSPS) is 11.5. The zero-order chi connectivity index (χ0) is 18.8. The van der Waals surface area contributed by atoms with E-state index in [1.165, 1.54) is 0 Å². The van der Waals surface area contributed by atoms with Crippen LogP contribution in [-0.4, -0.2) is 42.3 Å². The lowest BCUT2D eigenvalue weighted by Crippen LogP contribution is -2.44. The fourth-order valence-electron chi connectivity index (χ4n) is 2.18. The van der Waals surface area contributed by atoms with E-state index >= 15 is 0 Å². The van der Waals surface area contributed by atoms with Gasteiger partial charge in [-0.1, -0.05) is 13.0 Å². The zero-order valence-electron chi connectivity index (χ0n) is 15.3. The highest BCUT2D eigenvalue weighted by Crippen LogP contribution is 2.18. The van der Waals surface area contributed by atoms with Gasteiger partial charge in [0.15, 0.2) is 0 Å². The van der Waals surface area contributed by atoms with Gasteiger partial charge < -0.3 is 16.0 Å². The summed E-state index contributed by atoms with van der Waals surface area (Å²) in [6, 6.07) is 4.58. The number of thioether (sulfide) groups is 1. The maximum atomic E-state index is 12.6. The lowest BCUT2D eigenvalue weighted by molar-refractivity contribution is -0.126. The van der Waals surface area contributed by atoms with Crippen molar-refractivity contribution in [1.82, 2.24) is 10.6 Å². The summed E-state index contributed by atoms with van der Waals surface area (Å²) in [5.41, 5.74) is 1.92. The van der Waals surface area contributed by atoms with Crippen molar-refractivity contribution in [3.8, 4) is 0 Å². The standard InChI is InChI=1S/C18H27N3O3S/c1-5-16(22)20-14(9-10-25-4)18(24)21-15-11-13(8-7-12(15)3)17(23)19-6-2/h7-8,11,14H,5-6,9-10H2,1-4H3,(H,19,23)(H,20,22)(H,21,24). The van der Waals surface area contributed by atoms with E-state index in [0.29, 0.717) is 30.6 Å². The fraction of sp³-hybridized carbons (Fsp3) is 0.500. The number of anilines is 1. The van der Waals surface area contributed by atoms with Gasteiger partial charge in [-0.15, -0.1) is 0 Å². The summed E-state index contributed by atoms with van der Waals surface area (Å²) >= 11 is 1.62. The Labute approximate surface area is 153 Å². The average molecular weight is 365 g/mol. The third-order valence-corrected chi connectivity index (χ3v) is 4.32. The molecule has 0 fully saturated rings. The SMILES string of the molecule is CCNC(=O)c1ccc(C)c(NC(=O)C(CCSC)NC(=O)CC)c1. The molecule has 1 atom stereocenters. The number of hydrogen-bond acceptors (Lipinski definition) is 4. The molecule has 0 heterocycles. The minimum absolute atomic E-state index is 0.158. The summed E-state index contributed by atoms with van der Waals surface area (Å²) in [4.78, 5) is 36.2. The molecule has 0 aromatic heterocycles. The van der Waals surface area contributed by atoms with E-state index in [1.54, 1.807) is 36.9 Å². The van der Waals surface area contributed by atoms with Crippen molar-refractivity contribution in [3.63, 3.8) is 0 Å². The van der Waals surface area contributed by atoms with Crippen molar-refractivity contribution in [2.24, 2.45) is 0 Å². The Morgan fingerprint density at radius 3 is 2.52 bits per heavy atom. The molecular formula is C18H27N3O3S. The first-order chi connectivity index (χ1) is 11.9. The number of carbonyl (C=O) groups excluding carboxylic acids is 3. The topological polar surface area (TPSA) is 87.3 Å². The molecule has 0 aliphatic heterocycles. The zero-order valence-corrected chi connectivity index (χ0v) is 16.1. The quantitative estimate of drug-likeness (QED) is 0.627. The van der Waals surface area contributed by atoms with Crippen LogP contribution < -0.4 is 16.0 Å². The van der Waals surface area contributed by atoms with Gasteiger partial charge in [0, 0.05) is 24.2 Å². The molecule has 7 heteroatoms. The van der Waals surface area contributed by atoms with Crippen LogP contribution in [0.3, 0.4) is 0 Å². The fourth-order valence-corrected chi connectivity index (χ4v) is 2.65. The summed E-state index contributed by atoms with van der Waals surface area (Å²) in [5, 5.41) is 8.33. The highest BCUT2D eigenvalue weighted by atomic mass is 32.2. The highest BCUT2D eigenvalue weighted by Gasteiger charge is 2.20. The van der Waals surface area contributed by atoms with Crippen LogP contribution in [0.1, 0.15) is 42.6 Å². The van der Waals surface area contributed by atoms with Crippen molar-refractivity contribution >= 4 is 35.2 Å². The lowest BCUT2D eigenvalue weighted by Gasteiger charge is -2.19. The van der Waals surface area contributed by atoms with Gasteiger partial charge in [-0.25, -0.2) is 0 Å². The highest BCUT2D eigenvalue weighted by molar-refractivity contribution is 7.98. The van der Waals surface area contributed by atoms with Crippen LogP contribution in [0.25, 0.3) is 0 Å². The summed E-state index contributed by atoms with van der Waals surface area (Å²) in [6.07, 6.45) is 2.83. The van der Waals surface area contributed by atoms with Gasteiger partial charge >= 0.3 is 0 Å². The molecular weight excluding hydrogens is 338 g/mol. The number of rotatable bonds is 9. The molecule has 1 rings (SSSR count). The predicted molar refractivity (Wildman–Crippen MR) is 103 cm³/mol. The summed E-state index contributed by atoms with van der Waals surface area (Å²) < 4.78 is 0. The number of carbonyl (C=O) groups is 3. The van der Waals surface area contributed by atoms with Gasteiger partial charge in [0.05, 0.1) is 0 Å². The summed E-state index contributed by atoms with van der Waals surface area (Å²) in [6.45, 7) is 5.99. The van der Waals surface area contributed by atoms with Crippen LogP contribution in [0.2, 0.25) is 0 Å². The number of hydrogen-bond donors (Lipinski definition) is 3. The summed E-state index contributed by atoms with van der Waals surface area (Å²) in [5.74, 6) is 0.150. The maximum Gasteiger partial charge on any atom is 0.251 e. The molecule has 138 valence electrons. The Kier molecular flexibility index (Phi) is 9.05. The number of aryl methyl sites for hydroxylation is 1. The molecule has 0 saturated carbocycles. The minimum atomic E-state index is -0.590. The molecule has 0 aliphatic carbocycles. The van der Waals surface area contributed by atoms with Gasteiger partial charge in [-0.05, 0) is 50.0 Å². The molecule has 1 aromatic rings. The van der Waals surface area contributed by atoms with Crippen LogP contribution in [0.4, 0.5) is 5.69 Å². The smallest absolute Gasteiger partial charge is 0.251 e. The largest absolute Gasteiger partial charge is 0.352 e.